The Morgan fingerprint density at radius 1 is 1.35 bits per heavy atom. The third-order valence-corrected chi connectivity index (χ3v) is 5.11. The molecule has 2 aromatic rings. The molecule has 0 saturated carbocycles. The van der Waals surface area contributed by atoms with Gasteiger partial charge < -0.3 is 9.64 Å². The van der Waals surface area contributed by atoms with E-state index in [-0.39, 0.29) is 5.91 Å². The highest BCUT2D eigenvalue weighted by atomic mass is 32.1. The number of amides is 1. The Labute approximate surface area is 140 Å². The summed E-state index contributed by atoms with van der Waals surface area (Å²) in [5.74, 6) is 1.49. The number of likely N-dealkylation sites (tertiary alicyclic amines) is 1. The quantitative estimate of drug-likeness (QED) is 0.864. The number of hydrogen-bond donors (Lipinski definition) is 0. The van der Waals surface area contributed by atoms with Crippen LogP contribution in [-0.4, -0.2) is 40.5 Å². The summed E-state index contributed by atoms with van der Waals surface area (Å²) >= 11 is 1.43. The molecule has 5 nitrogen and oxygen atoms in total. The second-order valence-corrected chi connectivity index (χ2v) is 6.80. The van der Waals surface area contributed by atoms with Crippen LogP contribution in [0.4, 0.5) is 0 Å². The van der Waals surface area contributed by atoms with Gasteiger partial charge in [0.15, 0.2) is 0 Å². The van der Waals surface area contributed by atoms with Crippen molar-refractivity contribution in [2.24, 2.45) is 5.92 Å². The Balaban J connectivity index is 1.49. The Morgan fingerprint density at radius 2 is 2.13 bits per heavy atom. The summed E-state index contributed by atoms with van der Waals surface area (Å²) in [4.78, 5) is 23.5. The average molecular weight is 331 g/mol. The number of carbonyl (C=O) groups is 1. The van der Waals surface area contributed by atoms with Crippen molar-refractivity contribution in [2.45, 2.75) is 26.7 Å². The normalized spacial score (nSPS) is 15.7. The first kappa shape index (κ1) is 15.9. The molecule has 0 bridgehead atoms. The van der Waals surface area contributed by atoms with Gasteiger partial charge >= 0.3 is 0 Å². The molecule has 3 rings (SSSR count). The Morgan fingerprint density at radius 3 is 2.78 bits per heavy atom. The highest BCUT2D eigenvalue weighted by Gasteiger charge is 2.25. The highest BCUT2D eigenvalue weighted by molar-refractivity contribution is 7.11. The van der Waals surface area contributed by atoms with Gasteiger partial charge in [-0.05, 0) is 38.7 Å². The van der Waals surface area contributed by atoms with Crippen LogP contribution in [0.3, 0.4) is 0 Å². The maximum Gasteiger partial charge on any atom is 0.265 e. The molecule has 6 heteroatoms. The summed E-state index contributed by atoms with van der Waals surface area (Å²) in [6.07, 6.45) is 3.73. The summed E-state index contributed by atoms with van der Waals surface area (Å²) in [5, 5.41) is 0. The number of piperidine rings is 1. The van der Waals surface area contributed by atoms with Crippen LogP contribution in [0.1, 0.15) is 33.9 Å². The van der Waals surface area contributed by atoms with Gasteiger partial charge in [0.2, 0.25) is 0 Å². The predicted octanol–water partition coefficient (Wildman–Crippen LogP) is 3.09. The van der Waals surface area contributed by atoms with Gasteiger partial charge in [0.05, 0.1) is 17.8 Å². The highest BCUT2D eigenvalue weighted by Crippen LogP contribution is 2.23. The van der Waals surface area contributed by atoms with E-state index < -0.39 is 0 Å². The molecule has 1 aliphatic heterocycles. The average Bonchev–Trinajstić information content (AvgIpc) is 2.99. The fourth-order valence-electron chi connectivity index (χ4n) is 2.78. The van der Waals surface area contributed by atoms with Gasteiger partial charge in [-0.1, -0.05) is 0 Å². The molecular weight excluding hydrogens is 310 g/mol. The standard InChI is InChI=1S/C17H21N3O2S/c1-12-9-15(3-6-18-12)22-10-14-4-7-20(8-5-14)17(21)16-13(2)19-11-23-16/h3,6,9,11,14H,4-5,7-8,10H2,1-2H3. The monoisotopic (exact) mass is 331 g/mol. The second kappa shape index (κ2) is 7.08. The van der Waals surface area contributed by atoms with Gasteiger partial charge in [-0.3, -0.25) is 9.78 Å². The first-order chi connectivity index (χ1) is 11.1. The lowest BCUT2D eigenvalue weighted by Crippen LogP contribution is -2.39. The summed E-state index contributed by atoms with van der Waals surface area (Å²) in [5.41, 5.74) is 3.53. The summed E-state index contributed by atoms with van der Waals surface area (Å²) in [7, 11) is 0. The second-order valence-electron chi connectivity index (χ2n) is 5.95. The molecule has 0 aromatic carbocycles. The maximum absolute atomic E-state index is 12.5. The van der Waals surface area contributed by atoms with Crippen LogP contribution in [0.15, 0.2) is 23.8 Å². The van der Waals surface area contributed by atoms with E-state index in [0.29, 0.717) is 12.5 Å². The largest absolute Gasteiger partial charge is 0.493 e. The Hall–Kier alpha value is -1.95. The Bertz CT molecular complexity index is 678. The van der Waals surface area contributed by atoms with Gasteiger partial charge in [-0.25, -0.2) is 4.98 Å². The number of carbonyl (C=O) groups excluding carboxylic acids is 1. The van der Waals surface area contributed by atoms with Crippen LogP contribution < -0.4 is 4.74 Å². The third kappa shape index (κ3) is 3.88. The number of pyridine rings is 1. The van der Waals surface area contributed by atoms with Gasteiger partial charge in [0.25, 0.3) is 5.91 Å². The lowest BCUT2D eigenvalue weighted by atomic mass is 9.97. The van der Waals surface area contributed by atoms with Crippen molar-refractivity contribution >= 4 is 17.2 Å². The van der Waals surface area contributed by atoms with E-state index in [4.69, 9.17) is 4.74 Å². The minimum atomic E-state index is 0.120. The summed E-state index contributed by atoms with van der Waals surface area (Å²) in [6, 6.07) is 3.84. The molecule has 1 saturated heterocycles. The van der Waals surface area contributed by atoms with E-state index in [1.807, 2.05) is 30.9 Å². The van der Waals surface area contributed by atoms with Crippen molar-refractivity contribution in [1.29, 1.82) is 0 Å². The molecule has 0 atom stereocenters. The number of ether oxygens (including phenoxy) is 1. The molecule has 1 amide bonds. The molecule has 0 unspecified atom stereocenters. The zero-order valence-electron chi connectivity index (χ0n) is 13.5. The Kier molecular flexibility index (Phi) is 4.91. The van der Waals surface area contributed by atoms with Crippen LogP contribution in [-0.2, 0) is 0 Å². The topological polar surface area (TPSA) is 55.3 Å². The number of nitrogens with zero attached hydrogens (tertiary/aromatic N) is 3. The van der Waals surface area contributed by atoms with Crippen molar-refractivity contribution in [3.8, 4) is 5.75 Å². The molecular formula is C17H21N3O2S. The minimum absolute atomic E-state index is 0.120. The fraction of sp³-hybridized carbons (Fsp3) is 0.471. The van der Waals surface area contributed by atoms with Crippen LogP contribution in [0, 0.1) is 19.8 Å². The van der Waals surface area contributed by atoms with Crippen molar-refractivity contribution in [3.05, 3.63) is 40.1 Å². The number of rotatable bonds is 4. The number of hydrogen-bond acceptors (Lipinski definition) is 5. The van der Waals surface area contributed by atoms with Crippen LogP contribution in [0.2, 0.25) is 0 Å². The first-order valence-electron chi connectivity index (χ1n) is 7.88. The van der Waals surface area contributed by atoms with Gasteiger partial charge in [0.1, 0.15) is 10.6 Å². The van der Waals surface area contributed by atoms with Gasteiger partial charge in [-0.2, -0.15) is 0 Å². The molecule has 0 aliphatic carbocycles. The van der Waals surface area contributed by atoms with Crippen LogP contribution in [0.5, 0.6) is 5.75 Å². The molecule has 2 aromatic heterocycles. The van der Waals surface area contributed by atoms with Gasteiger partial charge in [-0.15, -0.1) is 11.3 Å². The van der Waals surface area contributed by atoms with Crippen molar-refractivity contribution in [3.63, 3.8) is 0 Å². The zero-order chi connectivity index (χ0) is 16.2. The predicted molar refractivity (Wildman–Crippen MR) is 89.9 cm³/mol. The first-order valence-corrected chi connectivity index (χ1v) is 8.76. The van der Waals surface area contributed by atoms with Crippen LogP contribution >= 0.6 is 11.3 Å². The molecule has 1 fully saturated rings. The zero-order valence-corrected chi connectivity index (χ0v) is 14.3. The van der Waals surface area contributed by atoms with E-state index in [9.17, 15) is 4.79 Å². The van der Waals surface area contributed by atoms with Gasteiger partial charge in [0, 0.05) is 31.0 Å². The fourth-order valence-corrected chi connectivity index (χ4v) is 3.55. The summed E-state index contributed by atoms with van der Waals surface area (Å²) < 4.78 is 5.86. The van der Waals surface area contributed by atoms with E-state index in [1.54, 1.807) is 11.7 Å². The van der Waals surface area contributed by atoms with Crippen LogP contribution in [0.25, 0.3) is 0 Å². The molecule has 0 N–H and O–H groups in total. The SMILES string of the molecule is Cc1cc(OCC2CCN(C(=O)c3scnc3C)CC2)ccn1. The smallest absolute Gasteiger partial charge is 0.265 e. The van der Waals surface area contributed by atoms with E-state index in [0.717, 1.165) is 47.9 Å². The van der Waals surface area contributed by atoms with Crippen molar-refractivity contribution < 1.29 is 9.53 Å². The number of aryl methyl sites for hydroxylation is 2. The van der Waals surface area contributed by atoms with E-state index in [2.05, 4.69) is 9.97 Å². The molecule has 3 heterocycles. The minimum Gasteiger partial charge on any atom is -0.493 e. The maximum atomic E-state index is 12.5. The summed E-state index contributed by atoms with van der Waals surface area (Å²) in [6.45, 7) is 6.13. The lowest BCUT2D eigenvalue weighted by Gasteiger charge is -2.31. The third-order valence-electron chi connectivity index (χ3n) is 4.20. The lowest BCUT2D eigenvalue weighted by molar-refractivity contribution is 0.0665. The molecule has 0 radical (unpaired) electrons. The molecule has 1 aliphatic rings. The number of thiazole rings is 1. The molecule has 23 heavy (non-hydrogen) atoms. The van der Waals surface area contributed by atoms with Crippen molar-refractivity contribution in [2.75, 3.05) is 19.7 Å². The molecule has 0 spiro atoms. The number of aromatic nitrogens is 2. The molecule has 122 valence electrons. The van der Waals surface area contributed by atoms with Crippen molar-refractivity contribution in [1.82, 2.24) is 14.9 Å². The van der Waals surface area contributed by atoms with E-state index in [1.165, 1.54) is 11.3 Å². The van der Waals surface area contributed by atoms with E-state index >= 15 is 0 Å².